The first-order chi connectivity index (χ1) is 24.5. The van der Waals surface area contributed by atoms with Gasteiger partial charge in [0.1, 0.15) is 11.5 Å². The Balaban J connectivity index is 1.49. The highest BCUT2D eigenvalue weighted by Gasteiger charge is 2.23. The molecule has 0 atom stereocenters. The number of rotatable bonds is 7. The summed E-state index contributed by atoms with van der Waals surface area (Å²) in [7, 11) is 3.35. The molecule has 0 radical (unpaired) electrons. The van der Waals surface area contributed by atoms with Crippen LogP contribution in [0.2, 0.25) is 10.0 Å². The first-order valence-corrected chi connectivity index (χ1v) is 16.9. The minimum Gasteiger partial charge on any atom is -0.497 e. The molecule has 6 heteroatoms. The van der Waals surface area contributed by atoms with E-state index in [-0.39, 0.29) is 0 Å². The third-order valence-corrected chi connectivity index (χ3v) is 9.54. The van der Waals surface area contributed by atoms with Crippen LogP contribution in [0.25, 0.3) is 77.7 Å². The zero-order valence-corrected chi connectivity index (χ0v) is 28.8. The zero-order valence-electron chi connectivity index (χ0n) is 27.3. The van der Waals surface area contributed by atoms with E-state index in [1.54, 1.807) is 14.2 Å². The Kier molecular flexibility index (Phi) is 8.41. The molecule has 0 unspecified atom stereocenters. The molecule has 0 saturated carbocycles. The van der Waals surface area contributed by atoms with Gasteiger partial charge in [0, 0.05) is 43.1 Å². The molecular weight excluding hydrogens is 659 g/mol. The Morgan fingerprint density at radius 3 is 1.06 bits per heavy atom. The molecule has 0 spiro atoms. The van der Waals surface area contributed by atoms with E-state index in [0.717, 1.165) is 89.2 Å². The van der Waals surface area contributed by atoms with Gasteiger partial charge in [-0.25, -0.2) is 9.97 Å². The average molecular weight is 690 g/mol. The third kappa shape index (κ3) is 5.73. The average Bonchev–Trinajstić information content (AvgIpc) is 3.17. The fourth-order valence-corrected chi connectivity index (χ4v) is 6.87. The van der Waals surface area contributed by atoms with E-state index >= 15 is 0 Å². The van der Waals surface area contributed by atoms with Gasteiger partial charge < -0.3 is 9.47 Å². The molecule has 8 aromatic rings. The molecular formula is C44H30Cl2N2O2. The Bertz CT molecular complexity index is 2500. The summed E-state index contributed by atoms with van der Waals surface area (Å²) >= 11 is 12.7. The number of hydrogen-bond donors (Lipinski definition) is 0. The van der Waals surface area contributed by atoms with Crippen molar-refractivity contribution in [1.82, 2.24) is 9.97 Å². The number of ether oxygens (including phenoxy) is 2. The van der Waals surface area contributed by atoms with Gasteiger partial charge in [-0.15, -0.1) is 0 Å². The minimum absolute atomic E-state index is 0.661. The van der Waals surface area contributed by atoms with E-state index in [1.165, 1.54) is 0 Å². The van der Waals surface area contributed by atoms with Crippen LogP contribution >= 0.6 is 23.2 Å². The lowest BCUT2D eigenvalue weighted by Crippen LogP contribution is -2.01. The van der Waals surface area contributed by atoms with Crippen molar-refractivity contribution in [2.75, 3.05) is 14.2 Å². The summed E-state index contributed by atoms with van der Waals surface area (Å²) < 4.78 is 11.0. The van der Waals surface area contributed by atoms with Gasteiger partial charge in [-0.2, -0.15) is 0 Å². The van der Waals surface area contributed by atoms with E-state index in [2.05, 4.69) is 72.8 Å². The van der Waals surface area contributed by atoms with Crippen LogP contribution < -0.4 is 9.47 Å². The van der Waals surface area contributed by atoms with Crippen LogP contribution in [0.3, 0.4) is 0 Å². The molecule has 50 heavy (non-hydrogen) atoms. The van der Waals surface area contributed by atoms with Gasteiger partial charge in [-0.05, 0) is 82.6 Å². The number of fused-ring (bicyclic) bond motifs is 2. The van der Waals surface area contributed by atoms with Crippen LogP contribution in [0.4, 0.5) is 0 Å². The fourth-order valence-electron chi connectivity index (χ4n) is 6.62. The summed E-state index contributed by atoms with van der Waals surface area (Å²) in [5, 5.41) is 5.44. The van der Waals surface area contributed by atoms with Crippen LogP contribution in [0.15, 0.2) is 146 Å². The van der Waals surface area contributed by atoms with Crippen molar-refractivity contribution in [3.8, 4) is 67.7 Å². The van der Waals surface area contributed by atoms with Gasteiger partial charge in [0.05, 0.1) is 37.0 Å². The quantitative estimate of drug-likeness (QED) is 0.167. The first kappa shape index (κ1) is 31.6. The van der Waals surface area contributed by atoms with Crippen molar-refractivity contribution in [3.05, 3.63) is 156 Å². The molecule has 0 amide bonds. The van der Waals surface area contributed by atoms with E-state index < -0.39 is 0 Å². The second-order valence-corrected chi connectivity index (χ2v) is 12.8. The van der Waals surface area contributed by atoms with Gasteiger partial charge in [0.15, 0.2) is 0 Å². The fraction of sp³-hybridized carbons (Fsp3) is 0.0455. The van der Waals surface area contributed by atoms with Gasteiger partial charge in [-0.1, -0.05) is 108 Å². The molecule has 0 N–H and O–H groups in total. The molecule has 8 rings (SSSR count). The van der Waals surface area contributed by atoms with Crippen molar-refractivity contribution in [1.29, 1.82) is 0 Å². The van der Waals surface area contributed by atoms with Gasteiger partial charge in [-0.3, -0.25) is 0 Å². The number of nitrogens with zero attached hydrogens (tertiary/aromatic N) is 2. The first-order valence-electron chi connectivity index (χ1n) is 16.2. The lowest BCUT2D eigenvalue weighted by molar-refractivity contribution is 0.414. The smallest absolute Gasteiger partial charge is 0.118 e. The summed E-state index contributed by atoms with van der Waals surface area (Å²) in [6.07, 6.45) is 0. The summed E-state index contributed by atoms with van der Waals surface area (Å²) in [6, 6.07) is 48.8. The van der Waals surface area contributed by atoms with E-state index in [4.69, 9.17) is 42.6 Å². The molecule has 0 bridgehead atoms. The molecule has 242 valence electrons. The Hall–Kier alpha value is -5.68. The Morgan fingerprint density at radius 1 is 0.360 bits per heavy atom. The predicted octanol–water partition coefficient (Wildman–Crippen LogP) is 12.4. The molecule has 0 fully saturated rings. The normalized spacial score (nSPS) is 11.2. The monoisotopic (exact) mass is 688 g/mol. The van der Waals surface area contributed by atoms with Crippen molar-refractivity contribution < 1.29 is 9.47 Å². The number of benzene rings is 6. The summed E-state index contributed by atoms with van der Waals surface area (Å²) in [4.78, 5) is 11.1. The molecule has 6 aromatic carbocycles. The van der Waals surface area contributed by atoms with Gasteiger partial charge in [0.25, 0.3) is 0 Å². The zero-order chi connectivity index (χ0) is 34.2. The van der Waals surface area contributed by atoms with E-state index in [0.29, 0.717) is 10.0 Å². The number of pyridine rings is 2. The van der Waals surface area contributed by atoms with Gasteiger partial charge >= 0.3 is 0 Å². The number of hydrogen-bond acceptors (Lipinski definition) is 4. The highest BCUT2D eigenvalue weighted by molar-refractivity contribution is 6.31. The number of methoxy groups -OCH3 is 2. The van der Waals surface area contributed by atoms with Crippen LogP contribution in [-0.2, 0) is 0 Å². The topological polar surface area (TPSA) is 44.2 Å². The molecule has 0 saturated heterocycles. The SMILES string of the molecule is COc1ccc(-c2nc(-c3nc(-c4ccc(Cl)cc4)c(-c4ccc(Cl)cc4)c4ccccc34)c3ccccc3c2-c2ccc(OC)cc2)cc1. The van der Waals surface area contributed by atoms with Gasteiger partial charge in [0.2, 0.25) is 0 Å². The van der Waals surface area contributed by atoms with Crippen LogP contribution in [-0.4, -0.2) is 24.2 Å². The standard InChI is InChI=1S/C44H30Cl2N2O2/c1-49-33-23-15-28(16-24-33)40-36-8-4-6-10-38(36)44(48-42(40)30-17-25-34(50-2)26-18-30)43-37-9-5-3-7-35(37)39(27-11-19-31(45)20-12-27)41(47-43)29-13-21-32(46)22-14-29/h3-26H,1-2H3. The Morgan fingerprint density at radius 2 is 0.680 bits per heavy atom. The van der Waals surface area contributed by atoms with Crippen molar-refractivity contribution >= 4 is 44.7 Å². The van der Waals surface area contributed by atoms with Crippen molar-refractivity contribution in [2.24, 2.45) is 0 Å². The minimum atomic E-state index is 0.661. The maximum atomic E-state index is 6.38. The maximum absolute atomic E-state index is 6.38. The predicted molar refractivity (Wildman–Crippen MR) is 207 cm³/mol. The van der Waals surface area contributed by atoms with E-state index in [9.17, 15) is 0 Å². The van der Waals surface area contributed by atoms with E-state index in [1.807, 2.05) is 72.8 Å². The van der Waals surface area contributed by atoms with Crippen LogP contribution in [0.5, 0.6) is 11.5 Å². The molecule has 2 aromatic heterocycles. The van der Waals surface area contributed by atoms with Crippen LogP contribution in [0, 0.1) is 0 Å². The second-order valence-electron chi connectivity index (χ2n) is 11.9. The number of halogens is 2. The highest BCUT2D eigenvalue weighted by atomic mass is 35.5. The molecule has 0 aliphatic rings. The highest BCUT2D eigenvalue weighted by Crippen LogP contribution is 2.45. The third-order valence-electron chi connectivity index (χ3n) is 9.04. The second kappa shape index (κ2) is 13.3. The summed E-state index contributed by atoms with van der Waals surface area (Å²) in [5.74, 6) is 1.57. The molecule has 0 aliphatic carbocycles. The van der Waals surface area contributed by atoms with Crippen molar-refractivity contribution in [3.63, 3.8) is 0 Å². The van der Waals surface area contributed by atoms with Crippen LogP contribution in [0.1, 0.15) is 0 Å². The largest absolute Gasteiger partial charge is 0.497 e. The molecule has 4 nitrogen and oxygen atoms in total. The van der Waals surface area contributed by atoms with Crippen molar-refractivity contribution in [2.45, 2.75) is 0 Å². The summed E-state index contributed by atoms with van der Waals surface area (Å²) in [6.45, 7) is 0. The Labute approximate surface area is 300 Å². The lowest BCUT2D eigenvalue weighted by atomic mass is 9.89. The molecule has 0 aliphatic heterocycles. The lowest BCUT2D eigenvalue weighted by Gasteiger charge is -2.20. The summed E-state index contributed by atoms with van der Waals surface area (Å²) in [5.41, 5.74) is 9.24. The maximum Gasteiger partial charge on any atom is 0.118 e. The number of aromatic nitrogens is 2. The molecule has 2 heterocycles.